The second kappa shape index (κ2) is 10.7. The van der Waals surface area contributed by atoms with Crippen molar-refractivity contribution >= 4 is 17.9 Å². The number of carbonyl (C=O) groups is 3. The van der Waals surface area contributed by atoms with E-state index in [0.29, 0.717) is 32.7 Å². The number of hydrogen-bond acceptors (Lipinski definition) is 6. The fourth-order valence-electron chi connectivity index (χ4n) is 4.63. The molecule has 9 heteroatoms. The van der Waals surface area contributed by atoms with Crippen molar-refractivity contribution in [2.45, 2.75) is 44.0 Å². The third kappa shape index (κ3) is 5.85. The lowest BCUT2D eigenvalue weighted by molar-refractivity contribution is -0.142. The Hall–Kier alpha value is -3.43. The van der Waals surface area contributed by atoms with Crippen molar-refractivity contribution in [2.75, 3.05) is 32.8 Å². The number of nitrogens with two attached hydrogens (primary N) is 1. The van der Waals surface area contributed by atoms with Crippen LogP contribution in [0.2, 0.25) is 0 Å². The Labute approximate surface area is 211 Å². The monoisotopic (exact) mass is 494 g/mol. The lowest BCUT2D eigenvalue weighted by Gasteiger charge is -2.45. The molecule has 3 N–H and O–H groups in total. The molecule has 2 aromatic rings. The summed E-state index contributed by atoms with van der Waals surface area (Å²) < 4.78 is 11.3. The van der Waals surface area contributed by atoms with Crippen molar-refractivity contribution in [1.29, 1.82) is 0 Å². The van der Waals surface area contributed by atoms with Gasteiger partial charge in [0, 0.05) is 26.1 Å². The molecular weight excluding hydrogens is 460 g/mol. The first-order valence-electron chi connectivity index (χ1n) is 12.2. The van der Waals surface area contributed by atoms with E-state index >= 15 is 0 Å². The number of cyclic esters (lactones) is 1. The Morgan fingerprint density at radius 1 is 1.08 bits per heavy atom. The van der Waals surface area contributed by atoms with Gasteiger partial charge in [-0.1, -0.05) is 60.7 Å². The number of amides is 3. The van der Waals surface area contributed by atoms with Crippen LogP contribution in [-0.4, -0.2) is 77.7 Å². The molecule has 0 saturated carbocycles. The van der Waals surface area contributed by atoms with Crippen molar-refractivity contribution in [3.05, 3.63) is 71.8 Å². The van der Waals surface area contributed by atoms with E-state index in [1.807, 2.05) is 60.7 Å². The minimum absolute atomic E-state index is 0.00310. The number of benzene rings is 2. The molecule has 2 aliphatic heterocycles. The van der Waals surface area contributed by atoms with Crippen LogP contribution in [0, 0.1) is 0 Å². The van der Waals surface area contributed by atoms with Crippen LogP contribution < -0.4 is 11.1 Å². The van der Waals surface area contributed by atoms with Crippen molar-refractivity contribution in [1.82, 2.24) is 15.1 Å². The van der Waals surface area contributed by atoms with E-state index in [1.54, 1.807) is 23.6 Å². The van der Waals surface area contributed by atoms with Gasteiger partial charge in [-0.05, 0) is 25.0 Å². The third-order valence-electron chi connectivity index (χ3n) is 6.61. The molecule has 2 heterocycles. The van der Waals surface area contributed by atoms with Gasteiger partial charge in [0.05, 0.1) is 18.8 Å². The van der Waals surface area contributed by atoms with Gasteiger partial charge in [-0.15, -0.1) is 0 Å². The zero-order valence-corrected chi connectivity index (χ0v) is 20.8. The molecule has 0 aromatic heterocycles. The molecule has 0 bridgehead atoms. The Bertz CT molecular complexity index is 1070. The molecule has 0 aliphatic carbocycles. The minimum Gasteiger partial charge on any atom is -0.447 e. The average molecular weight is 495 g/mol. The number of carbonyl (C=O) groups excluding carboxylic acids is 3. The van der Waals surface area contributed by atoms with E-state index in [-0.39, 0.29) is 25.2 Å². The highest BCUT2D eigenvalue weighted by atomic mass is 16.6. The van der Waals surface area contributed by atoms with Crippen LogP contribution in [0.25, 0.3) is 0 Å². The zero-order chi connectivity index (χ0) is 25.8. The summed E-state index contributed by atoms with van der Waals surface area (Å²) >= 11 is 0. The van der Waals surface area contributed by atoms with Crippen LogP contribution in [0.15, 0.2) is 60.7 Å². The summed E-state index contributed by atoms with van der Waals surface area (Å²) in [6, 6.07) is 18.5. The van der Waals surface area contributed by atoms with Gasteiger partial charge in [-0.2, -0.15) is 0 Å². The van der Waals surface area contributed by atoms with E-state index in [9.17, 15) is 14.4 Å². The van der Waals surface area contributed by atoms with Gasteiger partial charge in [-0.25, -0.2) is 4.79 Å². The molecule has 36 heavy (non-hydrogen) atoms. The molecule has 2 atom stereocenters. The third-order valence-corrected chi connectivity index (χ3v) is 6.61. The number of piperazine rings is 1. The maximum atomic E-state index is 13.7. The van der Waals surface area contributed by atoms with Gasteiger partial charge in [0.25, 0.3) is 0 Å². The summed E-state index contributed by atoms with van der Waals surface area (Å²) in [6.45, 7) is 4.66. The van der Waals surface area contributed by atoms with Gasteiger partial charge in [0.2, 0.25) is 11.8 Å². The van der Waals surface area contributed by atoms with Gasteiger partial charge in [-0.3, -0.25) is 14.5 Å². The topological polar surface area (TPSA) is 114 Å². The van der Waals surface area contributed by atoms with Crippen molar-refractivity contribution in [2.24, 2.45) is 5.73 Å². The fourth-order valence-corrected chi connectivity index (χ4v) is 4.63. The van der Waals surface area contributed by atoms with Crippen molar-refractivity contribution in [3.8, 4) is 0 Å². The summed E-state index contributed by atoms with van der Waals surface area (Å²) in [5, 5.41) is 2.78. The van der Waals surface area contributed by atoms with Crippen LogP contribution in [0.5, 0.6) is 0 Å². The number of nitrogens with zero attached hydrogens (tertiary/aromatic N) is 2. The number of rotatable bonds is 9. The minimum atomic E-state index is -1.16. The number of fused-ring (bicyclic) bond motifs is 1. The molecule has 2 unspecified atom stereocenters. The molecule has 2 aromatic carbocycles. The molecular formula is C27H34N4O5. The summed E-state index contributed by atoms with van der Waals surface area (Å²) in [7, 11) is 0. The molecule has 3 amide bonds. The molecule has 4 rings (SSSR count). The smallest absolute Gasteiger partial charge is 0.410 e. The van der Waals surface area contributed by atoms with Crippen LogP contribution in [0.1, 0.15) is 25.0 Å². The molecule has 192 valence electrons. The molecule has 2 saturated heterocycles. The summed E-state index contributed by atoms with van der Waals surface area (Å²) in [5.74, 6) is -0.715. The van der Waals surface area contributed by atoms with Gasteiger partial charge < -0.3 is 25.4 Å². The lowest BCUT2D eigenvalue weighted by atomic mass is 9.88. The van der Waals surface area contributed by atoms with Crippen molar-refractivity contribution in [3.63, 3.8) is 0 Å². The molecule has 2 aliphatic rings. The van der Waals surface area contributed by atoms with E-state index in [4.69, 9.17) is 15.2 Å². The molecule has 2 fully saturated rings. The number of nitrogens with one attached hydrogen (secondary N) is 1. The predicted octanol–water partition coefficient (Wildman–Crippen LogP) is 1.70. The van der Waals surface area contributed by atoms with Crippen LogP contribution in [0.4, 0.5) is 4.79 Å². The van der Waals surface area contributed by atoms with Crippen molar-refractivity contribution < 1.29 is 23.9 Å². The van der Waals surface area contributed by atoms with E-state index in [1.165, 1.54) is 0 Å². The average Bonchev–Trinajstić information content (AvgIpc) is 3.18. The standard InChI is InChI=1S/C27H34N4O5/c1-26(2,28)24(33)29-22(17-35-16-21-11-7-4-8-12-21)23(32)30-13-14-31-25(34)36-19-27(31,18-30)15-20-9-5-3-6-10-20/h3-12,22H,13-19,28H2,1-2H3,(H,29,33). The predicted molar refractivity (Wildman–Crippen MR) is 134 cm³/mol. The van der Waals surface area contributed by atoms with Gasteiger partial charge in [0.1, 0.15) is 18.2 Å². The van der Waals surface area contributed by atoms with E-state index in [0.717, 1.165) is 11.1 Å². The fraction of sp³-hybridized carbons (Fsp3) is 0.444. The Kier molecular flexibility index (Phi) is 7.61. The maximum absolute atomic E-state index is 13.7. The zero-order valence-electron chi connectivity index (χ0n) is 20.8. The summed E-state index contributed by atoms with van der Waals surface area (Å²) in [6.07, 6.45) is 0.194. The highest BCUT2D eigenvalue weighted by molar-refractivity contribution is 5.91. The molecule has 0 radical (unpaired) electrons. The van der Waals surface area contributed by atoms with Crippen LogP contribution >= 0.6 is 0 Å². The molecule has 0 spiro atoms. The first kappa shape index (κ1) is 25.7. The second-order valence-corrected chi connectivity index (χ2v) is 10.1. The molecule has 9 nitrogen and oxygen atoms in total. The maximum Gasteiger partial charge on any atom is 0.410 e. The normalized spacial score (nSPS) is 20.5. The summed E-state index contributed by atoms with van der Waals surface area (Å²) in [4.78, 5) is 42.3. The number of ether oxygens (including phenoxy) is 2. The highest BCUT2D eigenvalue weighted by Gasteiger charge is 2.52. The Balaban J connectivity index is 1.50. The number of hydrogen-bond donors (Lipinski definition) is 2. The van der Waals surface area contributed by atoms with Crippen LogP contribution in [0.3, 0.4) is 0 Å². The SMILES string of the molecule is CC(C)(N)C(=O)NC(COCc1ccccc1)C(=O)N1CCN2C(=O)OCC2(Cc2ccccc2)C1. The first-order valence-corrected chi connectivity index (χ1v) is 12.2. The Morgan fingerprint density at radius 3 is 2.36 bits per heavy atom. The second-order valence-electron chi connectivity index (χ2n) is 10.1. The first-order chi connectivity index (χ1) is 17.2. The largest absolute Gasteiger partial charge is 0.447 e. The van der Waals surface area contributed by atoms with Crippen LogP contribution in [-0.2, 0) is 32.1 Å². The quantitative estimate of drug-likeness (QED) is 0.549. The highest BCUT2D eigenvalue weighted by Crippen LogP contribution is 2.32. The lowest BCUT2D eigenvalue weighted by Crippen LogP contribution is -2.66. The summed E-state index contributed by atoms with van der Waals surface area (Å²) in [5.41, 5.74) is 6.17. The van der Waals surface area contributed by atoms with Gasteiger partial charge >= 0.3 is 6.09 Å². The van der Waals surface area contributed by atoms with E-state index in [2.05, 4.69) is 5.32 Å². The van der Waals surface area contributed by atoms with Gasteiger partial charge in [0.15, 0.2) is 0 Å². The Morgan fingerprint density at radius 2 is 1.72 bits per heavy atom. The van der Waals surface area contributed by atoms with E-state index < -0.39 is 23.0 Å².